The summed E-state index contributed by atoms with van der Waals surface area (Å²) in [5.74, 6) is -1.20. The van der Waals surface area contributed by atoms with Crippen molar-refractivity contribution < 1.29 is 18.3 Å². The van der Waals surface area contributed by atoms with Crippen LogP contribution >= 0.6 is 0 Å². The van der Waals surface area contributed by atoms with E-state index in [-0.39, 0.29) is 23.4 Å². The predicted octanol–water partition coefficient (Wildman–Crippen LogP) is 2.23. The van der Waals surface area contributed by atoms with Crippen molar-refractivity contribution in [3.05, 3.63) is 47.4 Å². The fourth-order valence-electron chi connectivity index (χ4n) is 3.52. The summed E-state index contributed by atoms with van der Waals surface area (Å²) in [6, 6.07) is 2.41. The van der Waals surface area contributed by atoms with Gasteiger partial charge in [-0.3, -0.25) is 4.79 Å². The quantitative estimate of drug-likeness (QED) is 0.616. The standard InChI is InChI=1S/C18H16F2N6O2/c1-8-12-4-9(19)7-21-18(12)28-11-5-10(6-11)23-17(27)14-15(20)25-26-3-2-13(22-8)24-16(14)26/h2-4,7-8,10-11H,5-6H2,1H3,(H,22,24)(H,23,27)/t8-,10-,11+/m1/s1. The van der Waals surface area contributed by atoms with Crippen LogP contribution in [0.4, 0.5) is 14.6 Å². The maximum atomic E-state index is 14.3. The number of pyridine rings is 1. The number of ether oxygens (including phenoxy) is 1. The van der Waals surface area contributed by atoms with Crippen LogP contribution in [0.3, 0.4) is 0 Å². The van der Waals surface area contributed by atoms with E-state index in [1.165, 1.54) is 16.8 Å². The summed E-state index contributed by atoms with van der Waals surface area (Å²) in [4.78, 5) is 21.0. The highest BCUT2D eigenvalue weighted by Crippen LogP contribution is 2.32. The number of amides is 1. The van der Waals surface area contributed by atoms with Crippen molar-refractivity contribution in [3.63, 3.8) is 0 Å². The minimum atomic E-state index is -0.883. The fourth-order valence-corrected chi connectivity index (χ4v) is 3.52. The number of fused-ring (bicyclic) bond motifs is 2. The Kier molecular flexibility index (Phi) is 3.68. The van der Waals surface area contributed by atoms with Crippen molar-refractivity contribution in [2.45, 2.75) is 38.0 Å². The number of nitrogens with one attached hydrogen (secondary N) is 2. The van der Waals surface area contributed by atoms with Crippen LogP contribution in [0.15, 0.2) is 24.5 Å². The van der Waals surface area contributed by atoms with Crippen LogP contribution in [0.5, 0.6) is 5.88 Å². The molecule has 144 valence electrons. The van der Waals surface area contributed by atoms with Gasteiger partial charge in [0.05, 0.1) is 12.2 Å². The normalized spacial score (nSPS) is 23.8. The maximum Gasteiger partial charge on any atom is 0.260 e. The van der Waals surface area contributed by atoms with Gasteiger partial charge in [0, 0.05) is 30.6 Å². The van der Waals surface area contributed by atoms with E-state index in [2.05, 4.69) is 25.7 Å². The Morgan fingerprint density at radius 3 is 2.93 bits per heavy atom. The lowest BCUT2D eigenvalue weighted by Gasteiger charge is -2.36. The average molecular weight is 386 g/mol. The number of anilines is 1. The second-order valence-electron chi connectivity index (χ2n) is 7.04. The van der Waals surface area contributed by atoms with Crippen molar-refractivity contribution in [2.75, 3.05) is 5.32 Å². The van der Waals surface area contributed by atoms with E-state index in [0.29, 0.717) is 30.1 Å². The van der Waals surface area contributed by atoms with Gasteiger partial charge >= 0.3 is 0 Å². The Morgan fingerprint density at radius 2 is 2.11 bits per heavy atom. The predicted molar refractivity (Wildman–Crippen MR) is 94.1 cm³/mol. The van der Waals surface area contributed by atoms with Crippen molar-refractivity contribution in [2.24, 2.45) is 0 Å². The molecule has 1 fully saturated rings. The first-order chi connectivity index (χ1) is 13.5. The minimum Gasteiger partial charge on any atom is -0.474 e. The molecular formula is C18H16F2N6O2. The zero-order valence-electron chi connectivity index (χ0n) is 14.8. The van der Waals surface area contributed by atoms with Gasteiger partial charge in [-0.2, -0.15) is 4.39 Å². The minimum absolute atomic E-state index is 0.106. The summed E-state index contributed by atoms with van der Waals surface area (Å²) in [7, 11) is 0. The highest BCUT2D eigenvalue weighted by atomic mass is 19.1. The Hall–Kier alpha value is -3.30. The molecule has 6 rings (SSSR count). The van der Waals surface area contributed by atoms with Gasteiger partial charge in [0.1, 0.15) is 23.3 Å². The molecule has 4 bridgehead atoms. The van der Waals surface area contributed by atoms with Gasteiger partial charge in [-0.1, -0.05) is 0 Å². The first-order valence-electron chi connectivity index (χ1n) is 8.92. The summed E-state index contributed by atoms with van der Waals surface area (Å²) < 4.78 is 35.2. The van der Waals surface area contributed by atoms with Crippen molar-refractivity contribution in [1.82, 2.24) is 24.9 Å². The second-order valence-corrected chi connectivity index (χ2v) is 7.04. The second kappa shape index (κ2) is 6.11. The summed E-state index contributed by atoms with van der Waals surface area (Å²) in [6.07, 6.45) is 3.55. The van der Waals surface area contributed by atoms with E-state index in [9.17, 15) is 13.6 Å². The van der Waals surface area contributed by atoms with Crippen molar-refractivity contribution >= 4 is 17.4 Å². The maximum absolute atomic E-state index is 14.3. The highest BCUT2D eigenvalue weighted by molar-refractivity contribution is 6.00. The summed E-state index contributed by atoms with van der Waals surface area (Å²) in [5, 5.41) is 9.62. The molecular weight excluding hydrogens is 370 g/mol. The third-order valence-electron chi connectivity index (χ3n) is 5.05. The zero-order valence-corrected chi connectivity index (χ0v) is 14.8. The lowest BCUT2D eigenvalue weighted by atomic mass is 9.89. The molecule has 0 saturated heterocycles. The summed E-state index contributed by atoms with van der Waals surface area (Å²) in [6.45, 7) is 1.81. The number of hydrogen-bond donors (Lipinski definition) is 2. The molecule has 3 aliphatic rings. The molecule has 2 N–H and O–H groups in total. The lowest BCUT2D eigenvalue weighted by molar-refractivity contribution is 0.0669. The van der Waals surface area contributed by atoms with Gasteiger partial charge < -0.3 is 15.4 Å². The van der Waals surface area contributed by atoms with Gasteiger partial charge in [-0.25, -0.2) is 18.9 Å². The molecule has 0 spiro atoms. The van der Waals surface area contributed by atoms with Crippen LogP contribution in [-0.4, -0.2) is 37.6 Å². The molecule has 0 aromatic carbocycles. The molecule has 28 heavy (non-hydrogen) atoms. The molecule has 5 heterocycles. The van der Waals surface area contributed by atoms with E-state index in [1.807, 2.05) is 6.92 Å². The molecule has 0 radical (unpaired) electrons. The van der Waals surface area contributed by atoms with Crippen LogP contribution in [0.1, 0.15) is 41.7 Å². The van der Waals surface area contributed by atoms with Crippen molar-refractivity contribution in [3.8, 4) is 5.88 Å². The SMILES string of the molecule is C[C@H]1Nc2ccn3nc(F)c(c3n2)C(=O)N[C@H]2C[C@H](C2)Oc2ncc(F)cc21. The largest absolute Gasteiger partial charge is 0.474 e. The average Bonchev–Trinajstić information content (AvgIpc) is 2.95. The smallest absolute Gasteiger partial charge is 0.260 e. The number of rotatable bonds is 0. The van der Waals surface area contributed by atoms with Gasteiger partial charge in [0.15, 0.2) is 5.65 Å². The molecule has 3 aromatic rings. The number of aromatic nitrogens is 4. The van der Waals surface area contributed by atoms with E-state index in [1.54, 1.807) is 6.07 Å². The van der Waals surface area contributed by atoms with Gasteiger partial charge in [-0.05, 0) is 19.1 Å². The molecule has 1 saturated carbocycles. The van der Waals surface area contributed by atoms with E-state index < -0.39 is 23.7 Å². The number of halogens is 2. The van der Waals surface area contributed by atoms with Crippen LogP contribution in [-0.2, 0) is 0 Å². The Balaban J connectivity index is 1.62. The monoisotopic (exact) mass is 386 g/mol. The van der Waals surface area contributed by atoms with Gasteiger partial charge in [0.2, 0.25) is 11.8 Å². The Labute approximate surface area is 157 Å². The molecule has 1 amide bonds. The number of carbonyl (C=O) groups is 1. The van der Waals surface area contributed by atoms with Crippen LogP contribution in [0, 0.1) is 11.8 Å². The highest BCUT2D eigenvalue weighted by Gasteiger charge is 2.35. The fraction of sp³-hybridized carbons (Fsp3) is 0.333. The first-order valence-corrected chi connectivity index (χ1v) is 8.92. The number of nitrogens with zero attached hydrogens (tertiary/aromatic N) is 4. The van der Waals surface area contributed by atoms with E-state index in [4.69, 9.17) is 4.74 Å². The zero-order chi connectivity index (χ0) is 19.4. The van der Waals surface area contributed by atoms with E-state index >= 15 is 0 Å². The lowest BCUT2D eigenvalue weighted by Crippen LogP contribution is -2.49. The van der Waals surface area contributed by atoms with Crippen molar-refractivity contribution in [1.29, 1.82) is 0 Å². The Morgan fingerprint density at radius 1 is 1.29 bits per heavy atom. The number of carbonyl (C=O) groups excluding carboxylic acids is 1. The molecule has 1 atom stereocenters. The molecule has 0 unspecified atom stereocenters. The van der Waals surface area contributed by atoms with Crippen LogP contribution in [0.2, 0.25) is 0 Å². The van der Waals surface area contributed by atoms with Gasteiger partial charge in [0.25, 0.3) is 5.91 Å². The van der Waals surface area contributed by atoms with Crippen LogP contribution < -0.4 is 15.4 Å². The molecule has 10 heteroatoms. The third-order valence-corrected chi connectivity index (χ3v) is 5.05. The van der Waals surface area contributed by atoms with E-state index in [0.717, 1.165) is 6.20 Å². The number of hydrogen-bond acceptors (Lipinski definition) is 6. The molecule has 8 nitrogen and oxygen atoms in total. The topological polar surface area (TPSA) is 93.4 Å². The van der Waals surface area contributed by atoms with Gasteiger partial charge in [-0.15, -0.1) is 5.10 Å². The first kappa shape index (κ1) is 16.8. The summed E-state index contributed by atoms with van der Waals surface area (Å²) in [5.41, 5.74) is 0.450. The Bertz CT molecular complexity index is 1100. The van der Waals surface area contributed by atoms with Crippen LogP contribution in [0.25, 0.3) is 5.65 Å². The molecule has 1 aliphatic carbocycles. The molecule has 2 aliphatic heterocycles. The molecule has 3 aromatic heterocycles. The summed E-state index contributed by atoms with van der Waals surface area (Å²) >= 11 is 0. The third kappa shape index (κ3) is 2.72.